The fourth-order valence-electron chi connectivity index (χ4n) is 5.78. The normalized spacial score (nSPS) is 11.9. The van der Waals surface area contributed by atoms with Gasteiger partial charge in [0, 0.05) is 19.4 Å². The molecule has 0 rings (SSSR count). The van der Waals surface area contributed by atoms with E-state index in [4.69, 9.17) is 0 Å². The van der Waals surface area contributed by atoms with E-state index in [0.717, 1.165) is 32.2 Å². The number of hydrogen-bond acceptors (Lipinski definition) is 3. The molecule has 0 aliphatic rings. The van der Waals surface area contributed by atoms with Crippen LogP contribution < -0.4 is 5.32 Å². The van der Waals surface area contributed by atoms with E-state index in [1.165, 1.54) is 141 Å². The van der Waals surface area contributed by atoms with Crippen molar-refractivity contribution in [1.82, 2.24) is 5.32 Å². The summed E-state index contributed by atoms with van der Waals surface area (Å²) in [7, 11) is 0. The minimum Gasteiger partial charge on any atom is -0.316 e. The Bertz CT molecular complexity index is 601. The molecular weight excluding hydrogens is 526 g/mol. The Labute approximate surface area is 269 Å². The minimum absolute atomic E-state index is 0.163. The summed E-state index contributed by atoms with van der Waals surface area (Å²) in [5.41, 5.74) is 0. The molecule has 0 spiro atoms. The molecule has 3 nitrogen and oxygen atoms in total. The molecule has 0 unspecified atom stereocenters. The molecule has 0 aliphatic carbocycles. The molecule has 0 saturated heterocycles. The van der Waals surface area contributed by atoms with Crippen LogP contribution in [0.1, 0.15) is 201 Å². The van der Waals surface area contributed by atoms with Gasteiger partial charge in [0.1, 0.15) is 11.6 Å². The van der Waals surface area contributed by atoms with Gasteiger partial charge in [-0.1, -0.05) is 148 Å². The van der Waals surface area contributed by atoms with E-state index in [-0.39, 0.29) is 11.6 Å². The van der Waals surface area contributed by atoms with Crippen LogP contribution in [0, 0.1) is 5.92 Å². The zero-order valence-electron chi connectivity index (χ0n) is 29.4. The number of nitrogens with one attached hydrogen (secondary N) is 1. The van der Waals surface area contributed by atoms with Crippen molar-refractivity contribution < 1.29 is 9.59 Å². The molecule has 0 aromatic carbocycles. The van der Waals surface area contributed by atoms with Crippen molar-refractivity contribution in [1.29, 1.82) is 0 Å². The van der Waals surface area contributed by atoms with Crippen molar-refractivity contribution in [3.8, 4) is 0 Å². The average molecular weight is 602 g/mol. The number of rotatable bonds is 35. The fraction of sp³-hybridized carbons (Fsp3) is 0.850. The van der Waals surface area contributed by atoms with Gasteiger partial charge in [-0.15, -0.1) is 0 Å². The van der Waals surface area contributed by atoms with Gasteiger partial charge >= 0.3 is 0 Å². The largest absolute Gasteiger partial charge is 0.316 e. The van der Waals surface area contributed by atoms with Crippen molar-refractivity contribution in [3.63, 3.8) is 0 Å². The molecular formula is C40H75NO2. The summed E-state index contributed by atoms with van der Waals surface area (Å²) < 4.78 is 0. The smallest absolute Gasteiger partial charge is 0.144 e. The average Bonchev–Trinajstić information content (AvgIpc) is 3.01. The van der Waals surface area contributed by atoms with E-state index in [1.807, 2.05) is 6.92 Å². The molecule has 0 aliphatic heterocycles. The Kier molecular flexibility index (Phi) is 34.3. The van der Waals surface area contributed by atoms with Gasteiger partial charge in [-0.3, -0.25) is 9.59 Å². The maximum Gasteiger partial charge on any atom is 0.144 e. The molecule has 0 bridgehead atoms. The molecule has 0 fully saturated rings. The summed E-state index contributed by atoms with van der Waals surface area (Å²) in [4.78, 5) is 25.8. The molecule has 252 valence electrons. The Morgan fingerprint density at radius 3 is 1.07 bits per heavy atom. The van der Waals surface area contributed by atoms with E-state index in [1.54, 1.807) is 0 Å². The van der Waals surface area contributed by atoms with Crippen LogP contribution in [0.4, 0.5) is 0 Å². The topological polar surface area (TPSA) is 46.2 Å². The first-order valence-electron chi connectivity index (χ1n) is 19.2. The van der Waals surface area contributed by atoms with E-state index in [9.17, 15) is 9.59 Å². The van der Waals surface area contributed by atoms with Crippen LogP contribution in [0.5, 0.6) is 0 Å². The van der Waals surface area contributed by atoms with Crippen LogP contribution in [0.2, 0.25) is 0 Å². The maximum absolute atomic E-state index is 12.9. The number of Topliss-reactive ketones (excluding diaryl/α,β-unsaturated/α-hetero) is 2. The SMILES string of the molecule is CCCCCCCC/C=C\CCCCCCCC(=O)C(CNCC)C(=O)CCCCCCC/C=C\CCCCCCCC. The third-order valence-corrected chi connectivity index (χ3v) is 8.75. The standard InChI is InChI=1S/C40H75NO2/c1-4-7-9-11-13-15-17-19-21-23-25-27-29-31-33-35-39(42)38(37-41-6-3)40(43)36-34-32-30-28-26-24-22-20-18-16-14-12-10-8-5-2/h19-22,38,41H,4-18,23-37H2,1-3H3/b21-19-,22-20-. The van der Waals surface area contributed by atoms with Crippen LogP contribution in [-0.2, 0) is 9.59 Å². The highest BCUT2D eigenvalue weighted by Crippen LogP contribution is 2.16. The number of allylic oxidation sites excluding steroid dienone is 4. The molecule has 3 heteroatoms. The van der Waals surface area contributed by atoms with Gasteiger partial charge in [-0.25, -0.2) is 0 Å². The molecule has 0 atom stereocenters. The lowest BCUT2D eigenvalue weighted by Crippen LogP contribution is -2.34. The van der Waals surface area contributed by atoms with Gasteiger partial charge in [0.2, 0.25) is 0 Å². The molecule has 0 amide bonds. The minimum atomic E-state index is -0.437. The zero-order valence-corrected chi connectivity index (χ0v) is 29.4. The summed E-state index contributed by atoms with van der Waals surface area (Å²) in [6, 6.07) is 0. The van der Waals surface area contributed by atoms with Crippen molar-refractivity contribution in [2.24, 2.45) is 5.92 Å². The van der Waals surface area contributed by atoms with Crippen molar-refractivity contribution in [3.05, 3.63) is 24.3 Å². The molecule has 0 aromatic rings. The highest BCUT2D eigenvalue weighted by atomic mass is 16.1. The Morgan fingerprint density at radius 2 is 0.744 bits per heavy atom. The molecule has 0 heterocycles. The quantitative estimate of drug-likeness (QED) is 0.0446. The highest BCUT2D eigenvalue weighted by Gasteiger charge is 2.24. The first kappa shape index (κ1) is 41.8. The predicted octanol–water partition coefficient (Wildman–Crippen LogP) is 12.4. The van der Waals surface area contributed by atoms with Crippen molar-refractivity contribution in [2.75, 3.05) is 13.1 Å². The number of unbranched alkanes of at least 4 members (excludes halogenated alkanes) is 22. The summed E-state index contributed by atoms with van der Waals surface area (Å²) in [6.07, 6.45) is 43.3. The van der Waals surface area contributed by atoms with Gasteiger partial charge in [0.25, 0.3) is 0 Å². The predicted molar refractivity (Wildman–Crippen MR) is 191 cm³/mol. The second-order valence-electron chi connectivity index (χ2n) is 13.0. The second-order valence-corrected chi connectivity index (χ2v) is 13.0. The van der Waals surface area contributed by atoms with E-state index < -0.39 is 5.92 Å². The van der Waals surface area contributed by atoms with Gasteiger partial charge in [-0.05, 0) is 70.8 Å². The third-order valence-electron chi connectivity index (χ3n) is 8.75. The zero-order chi connectivity index (χ0) is 31.5. The van der Waals surface area contributed by atoms with Crippen LogP contribution in [0.25, 0.3) is 0 Å². The van der Waals surface area contributed by atoms with Crippen LogP contribution in [-0.4, -0.2) is 24.7 Å². The van der Waals surface area contributed by atoms with Crippen molar-refractivity contribution in [2.45, 2.75) is 201 Å². The first-order valence-corrected chi connectivity index (χ1v) is 19.2. The van der Waals surface area contributed by atoms with E-state index >= 15 is 0 Å². The Morgan fingerprint density at radius 1 is 0.442 bits per heavy atom. The molecule has 0 aromatic heterocycles. The molecule has 0 saturated carbocycles. The number of carbonyl (C=O) groups is 2. The van der Waals surface area contributed by atoms with E-state index in [0.29, 0.717) is 19.4 Å². The summed E-state index contributed by atoms with van der Waals surface area (Å²) in [6.45, 7) is 7.91. The van der Waals surface area contributed by atoms with Crippen molar-refractivity contribution >= 4 is 11.6 Å². The third kappa shape index (κ3) is 30.6. The number of hydrogen-bond donors (Lipinski definition) is 1. The summed E-state index contributed by atoms with van der Waals surface area (Å²) in [5.74, 6) is -0.110. The Balaban J connectivity index is 3.83. The highest BCUT2D eigenvalue weighted by molar-refractivity contribution is 6.02. The molecule has 0 radical (unpaired) electrons. The summed E-state index contributed by atoms with van der Waals surface area (Å²) >= 11 is 0. The van der Waals surface area contributed by atoms with Gasteiger partial charge in [0.05, 0.1) is 5.92 Å². The lowest BCUT2D eigenvalue weighted by atomic mass is 9.91. The maximum atomic E-state index is 12.9. The number of carbonyl (C=O) groups excluding carboxylic acids is 2. The van der Waals surface area contributed by atoms with Crippen LogP contribution >= 0.6 is 0 Å². The number of ketones is 2. The van der Waals surface area contributed by atoms with Gasteiger partial charge in [-0.2, -0.15) is 0 Å². The fourth-order valence-corrected chi connectivity index (χ4v) is 5.78. The lowest BCUT2D eigenvalue weighted by molar-refractivity contribution is -0.132. The van der Waals surface area contributed by atoms with Gasteiger partial charge in [0.15, 0.2) is 0 Å². The monoisotopic (exact) mass is 602 g/mol. The molecule has 1 N–H and O–H groups in total. The Hall–Kier alpha value is -1.22. The second kappa shape index (κ2) is 35.3. The molecule has 43 heavy (non-hydrogen) atoms. The first-order chi connectivity index (χ1) is 21.2. The van der Waals surface area contributed by atoms with Gasteiger partial charge < -0.3 is 5.32 Å². The van der Waals surface area contributed by atoms with Crippen LogP contribution in [0.15, 0.2) is 24.3 Å². The van der Waals surface area contributed by atoms with Crippen LogP contribution in [0.3, 0.4) is 0 Å². The van der Waals surface area contributed by atoms with E-state index in [2.05, 4.69) is 43.5 Å². The lowest BCUT2D eigenvalue weighted by Gasteiger charge is -2.15. The summed E-state index contributed by atoms with van der Waals surface area (Å²) in [5, 5.41) is 3.26.